The van der Waals surface area contributed by atoms with Gasteiger partial charge in [-0.2, -0.15) is 0 Å². The van der Waals surface area contributed by atoms with Gasteiger partial charge in [-0.05, 0) is 43.4 Å². The second kappa shape index (κ2) is 7.82. The van der Waals surface area contributed by atoms with Crippen molar-refractivity contribution in [2.24, 2.45) is 0 Å². The summed E-state index contributed by atoms with van der Waals surface area (Å²) < 4.78 is 24.4. The minimum atomic E-state index is -0.345. The number of rotatable bonds is 5. The maximum atomic E-state index is 13.8. The van der Waals surface area contributed by atoms with Crippen molar-refractivity contribution in [2.45, 2.75) is 13.2 Å². The maximum Gasteiger partial charge on any atom is 0.238 e. The Kier molecular flexibility index (Phi) is 5.53. The third kappa shape index (κ3) is 4.69. The molecule has 0 atom stereocenters. The van der Waals surface area contributed by atoms with Crippen molar-refractivity contribution in [1.82, 2.24) is 4.90 Å². The number of hydrogen-bond acceptors (Lipinski definition) is 4. The number of halogens is 2. The topological polar surface area (TPSA) is 50.8 Å². The van der Waals surface area contributed by atoms with Crippen LogP contribution >= 0.6 is 11.6 Å². The van der Waals surface area contributed by atoms with Gasteiger partial charge in [-0.25, -0.2) is 4.39 Å². The van der Waals surface area contributed by atoms with Gasteiger partial charge in [0.15, 0.2) is 6.79 Å². The molecule has 0 aliphatic carbocycles. The second-order valence-corrected chi connectivity index (χ2v) is 6.33. The van der Waals surface area contributed by atoms with Gasteiger partial charge in [0.25, 0.3) is 0 Å². The standard InChI is InChI=1S/C18H18ClFN2O3/c1-22(9-17(23)21-16-4-2-14(19)3-5-16)8-12-6-15(20)7-13-10-24-11-25-18(12)13/h2-7H,8-11H2,1H3,(H,21,23). The van der Waals surface area contributed by atoms with Crippen LogP contribution in [-0.4, -0.2) is 31.2 Å². The highest BCUT2D eigenvalue weighted by Gasteiger charge is 2.18. The van der Waals surface area contributed by atoms with E-state index in [0.29, 0.717) is 40.7 Å². The van der Waals surface area contributed by atoms with Crippen molar-refractivity contribution >= 4 is 23.2 Å². The van der Waals surface area contributed by atoms with Gasteiger partial charge in [-0.1, -0.05) is 11.6 Å². The number of carbonyl (C=O) groups is 1. The number of carbonyl (C=O) groups excluding carboxylic acids is 1. The summed E-state index contributed by atoms with van der Waals surface area (Å²) in [7, 11) is 1.79. The lowest BCUT2D eigenvalue weighted by Gasteiger charge is -2.23. The van der Waals surface area contributed by atoms with Gasteiger partial charge >= 0.3 is 0 Å². The van der Waals surface area contributed by atoms with E-state index in [1.54, 1.807) is 36.2 Å². The second-order valence-electron chi connectivity index (χ2n) is 5.89. The van der Waals surface area contributed by atoms with E-state index in [1.807, 2.05) is 0 Å². The van der Waals surface area contributed by atoms with E-state index in [1.165, 1.54) is 12.1 Å². The summed E-state index contributed by atoms with van der Waals surface area (Å²) in [5, 5.41) is 3.40. The normalized spacial score (nSPS) is 13.3. The predicted octanol–water partition coefficient (Wildman–Crippen LogP) is 3.42. The van der Waals surface area contributed by atoms with Gasteiger partial charge in [0.2, 0.25) is 5.91 Å². The highest BCUT2D eigenvalue weighted by Crippen LogP contribution is 2.30. The number of benzene rings is 2. The first-order valence-electron chi connectivity index (χ1n) is 7.77. The van der Waals surface area contributed by atoms with E-state index in [9.17, 15) is 9.18 Å². The molecule has 25 heavy (non-hydrogen) atoms. The molecule has 0 radical (unpaired) electrons. The third-order valence-corrected chi connectivity index (χ3v) is 3.99. The monoisotopic (exact) mass is 364 g/mol. The largest absolute Gasteiger partial charge is 0.467 e. The Morgan fingerprint density at radius 3 is 2.84 bits per heavy atom. The number of nitrogens with one attached hydrogen (secondary N) is 1. The van der Waals surface area contributed by atoms with Gasteiger partial charge in [0.1, 0.15) is 11.6 Å². The van der Waals surface area contributed by atoms with Crippen molar-refractivity contribution in [3.05, 3.63) is 58.4 Å². The van der Waals surface area contributed by atoms with Crippen LogP contribution in [-0.2, 0) is 22.7 Å². The summed E-state index contributed by atoms with van der Waals surface area (Å²) in [6.07, 6.45) is 0. The molecule has 0 saturated heterocycles. The Balaban J connectivity index is 1.62. The van der Waals surface area contributed by atoms with E-state index >= 15 is 0 Å². The number of amides is 1. The summed E-state index contributed by atoms with van der Waals surface area (Å²) in [5.74, 6) is 0.124. The summed E-state index contributed by atoms with van der Waals surface area (Å²) in [6.45, 7) is 1.01. The van der Waals surface area contributed by atoms with Crippen LogP contribution in [0.25, 0.3) is 0 Å². The number of likely N-dealkylation sites (N-methyl/N-ethyl adjacent to an activating group) is 1. The first kappa shape index (κ1) is 17.7. The van der Waals surface area contributed by atoms with Crippen LogP contribution in [0.1, 0.15) is 11.1 Å². The van der Waals surface area contributed by atoms with Crippen LogP contribution in [0.4, 0.5) is 10.1 Å². The molecule has 1 aliphatic rings. The van der Waals surface area contributed by atoms with E-state index in [0.717, 1.165) is 0 Å². The van der Waals surface area contributed by atoms with Crippen molar-refractivity contribution in [3.8, 4) is 5.75 Å². The SMILES string of the molecule is CN(CC(=O)Nc1ccc(Cl)cc1)Cc1cc(F)cc2c1OCOC2. The molecular formula is C18H18ClFN2O3. The fraction of sp³-hybridized carbons (Fsp3) is 0.278. The fourth-order valence-electron chi connectivity index (χ4n) is 2.70. The molecule has 3 rings (SSSR count). The van der Waals surface area contributed by atoms with Crippen LogP contribution in [0.5, 0.6) is 5.75 Å². The number of fused-ring (bicyclic) bond motifs is 1. The quantitative estimate of drug-likeness (QED) is 0.883. The van der Waals surface area contributed by atoms with E-state index in [-0.39, 0.29) is 25.1 Å². The molecule has 2 aromatic rings. The van der Waals surface area contributed by atoms with Crippen LogP contribution in [0.3, 0.4) is 0 Å². The number of nitrogens with zero attached hydrogens (tertiary/aromatic N) is 1. The maximum absolute atomic E-state index is 13.8. The van der Waals surface area contributed by atoms with E-state index < -0.39 is 0 Å². The van der Waals surface area contributed by atoms with Crippen LogP contribution in [0.15, 0.2) is 36.4 Å². The van der Waals surface area contributed by atoms with Crippen molar-refractivity contribution in [1.29, 1.82) is 0 Å². The Morgan fingerprint density at radius 1 is 1.32 bits per heavy atom. The lowest BCUT2D eigenvalue weighted by atomic mass is 10.1. The van der Waals surface area contributed by atoms with Crippen molar-refractivity contribution in [3.63, 3.8) is 0 Å². The first-order chi connectivity index (χ1) is 12.0. The molecule has 7 heteroatoms. The highest BCUT2D eigenvalue weighted by molar-refractivity contribution is 6.30. The van der Waals surface area contributed by atoms with Gasteiger partial charge < -0.3 is 14.8 Å². The highest BCUT2D eigenvalue weighted by atomic mass is 35.5. The molecule has 1 N–H and O–H groups in total. The zero-order valence-electron chi connectivity index (χ0n) is 13.7. The zero-order valence-corrected chi connectivity index (χ0v) is 14.5. The van der Waals surface area contributed by atoms with Gasteiger partial charge in [-0.15, -0.1) is 0 Å². The molecule has 132 valence electrons. The molecule has 0 fully saturated rings. The molecule has 5 nitrogen and oxygen atoms in total. The summed E-state index contributed by atoms with van der Waals surface area (Å²) in [5.41, 5.74) is 2.05. The van der Waals surface area contributed by atoms with Gasteiger partial charge in [0.05, 0.1) is 13.2 Å². The molecular weight excluding hydrogens is 347 g/mol. The average molecular weight is 365 g/mol. The molecule has 0 unspecified atom stereocenters. The van der Waals surface area contributed by atoms with Gasteiger partial charge in [0, 0.05) is 28.4 Å². The Bertz CT molecular complexity index is 768. The number of ether oxygens (including phenoxy) is 2. The molecule has 0 saturated carbocycles. The van der Waals surface area contributed by atoms with Crippen LogP contribution < -0.4 is 10.1 Å². The van der Waals surface area contributed by atoms with Gasteiger partial charge in [-0.3, -0.25) is 9.69 Å². The van der Waals surface area contributed by atoms with E-state index in [4.69, 9.17) is 21.1 Å². The van der Waals surface area contributed by atoms with Crippen LogP contribution in [0, 0.1) is 5.82 Å². The molecule has 0 bridgehead atoms. The predicted molar refractivity (Wildman–Crippen MR) is 93.1 cm³/mol. The molecule has 1 amide bonds. The lowest BCUT2D eigenvalue weighted by Crippen LogP contribution is -2.30. The molecule has 2 aromatic carbocycles. The average Bonchev–Trinajstić information content (AvgIpc) is 2.56. The van der Waals surface area contributed by atoms with E-state index in [2.05, 4.69) is 5.32 Å². The van der Waals surface area contributed by atoms with Crippen molar-refractivity contribution in [2.75, 3.05) is 25.7 Å². The summed E-state index contributed by atoms with van der Waals surface area (Å²) in [4.78, 5) is 13.9. The first-order valence-corrected chi connectivity index (χ1v) is 8.15. The number of hydrogen-bond donors (Lipinski definition) is 1. The number of anilines is 1. The van der Waals surface area contributed by atoms with Crippen molar-refractivity contribution < 1.29 is 18.7 Å². The molecule has 0 aromatic heterocycles. The molecule has 0 spiro atoms. The smallest absolute Gasteiger partial charge is 0.238 e. The Hall–Kier alpha value is -2.15. The molecule has 1 aliphatic heterocycles. The minimum absolute atomic E-state index is 0.145. The minimum Gasteiger partial charge on any atom is -0.467 e. The Labute approximate surface area is 150 Å². The Morgan fingerprint density at radius 2 is 2.08 bits per heavy atom. The fourth-order valence-corrected chi connectivity index (χ4v) is 2.83. The lowest BCUT2D eigenvalue weighted by molar-refractivity contribution is -0.117. The molecule has 1 heterocycles. The zero-order chi connectivity index (χ0) is 17.8. The summed E-state index contributed by atoms with van der Waals surface area (Å²) in [6, 6.07) is 9.72. The van der Waals surface area contributed by atoms with Crippen LogP contribution in [0.2, 0.25) is 5.02 Å². The summed E-state index contributed by atoms with van der Waals surface area (Å²) >= 11 is 5.82. The third-order valence-electron chi connectivity index (χ3n) is 3.73.